The zero-order valence-corrected chi connectivity index (χ0v) is 14.7. The summed E-state index contributed by atoms with van der Waals surface area (Å²) >= 11 is 1.27. The van der Waals surface area contributed by atoms with E-state index in [4.69, 9.17) is 0 Å². The molecule has 0 atom stereocenters. The molecule has 0 unspecified atom stereocenters. The Morgan fingerprint density at radius 1 is 1.25 bits per heavy atom. The molecular weight excluding hydrogens is 358 g/mol. The van der Waals surface area contributed by atoms with Crippen LogP contribution in [0.5, 0.6) is 0 Å². The first-order valence-electron chi connectivity index (χ1n) is 7.03. The Kier molecular flexibility index (Phi) is 4.04. The van der Waals surface area contributed by atoms with Crippen LogP contribution in [0.3, 0.4) is 0 Å². The minimum atomic E-state index is -4.08. The van der Waals surface area contributed by atoms with Gasteiger partial charge in [-0.3, -0.25) is 4.72 Å². The smallest absolute Gasteiger partial charge is 0.278 e. The topological polar surface area (TPSA) is 76.4 Å². The highest BCUT2D eigenvalue weighted by atomic mass is 32.2. The summed E-state index contributed by atoms with van der Waals surface area (Å²) in [5, 5.41) is 4.74. The minimum Gasteiger partial charge on any atom is -0.278 e. The molecular formula is C14H14F2N4O2S2. The highest BCUT2D eigenvalue weighted by Gasteiger charge is 2.29. The van der Waals surface area contributed by atoms with Crippen LogP contribution in [0.1, 0.15) is 30.5 Å². The summed E-state index contributed by atoms with van der Waals surface area (Å²) in [6.45, 7) is 5.37. The van der Waals surface area contributed by atoms with E-state index < -0.39 is 21.7 Å². The summed E-state index contributed by atoms with van der Waals surface area (Å²) in [5.74, 6) is -2.35. The van der Waals surface area contributed by atoms with Crippen LogP contribution in [0.2, 0.25) is 0 Å². The van der Waals surface area contributed by atoms with Gasteiger partial charge < -0.3 is 0 Å². The number of imidazole rings is 1. The van der Waals surface area contributed by atoms with Crippen molar-refractivity contribution in [3.8, 4) is 0 Å². The third kappa shape index (κ3) is 2.86. The second kappa shape index (κ2) is 5.78. The number of sulfonamides is 1. The first-order chi connectivity index (χ1) is 11.2. The Bertz CT molecular complexity index is 1020. The lowest BCUT2D eigenvalue weighted by atomic mass is 10.2. The molecule has 0 amide bonds. The predicted molar refractivity (Wildman–Crippen MR) is 86.9 cm³/mol. The van der Waals surface area contributed by atoms with Crippen LogP contribution in [0.15, 0.2) is 23.2 Å². The first kappa shape index (κ1) is 16.8. The van der Waals surface area contributed by atoms with E-state index in [-0.39, 0.29) is 16.6 Å². The fourth-order valence-electron chi connectivity index (χ4n) is 2.23. The zero-order valence-electron chi connectivity index (χ0n) is 13.0. The monoisotopic (exact) mass is 372 g/mol. The number of fused-ring (bicyclic) bond motifs is 1. The van der Waals surface area contributed by atoms with Crippen molar-refractivity contribution in [3.63, 3.8) is 0 Å². The van der Waals surface area contributed by atoms with Crippen LogP contribution >= 0.6 is 11.3 Å². The number of halogens is 2. The molecule has 2 aromatic heterocycles. The number of nitrogens with zero attached hydrogens (tertiary/aromatic N) is 3. The van der Waals surface area contributed by atoms with E-state index in [1.807, 2.05) is 13.8 Å². The molecule has 0 spiro atoms. The molecule has 0 bridgehead atoms. The Morgan fingerprint density at radius 2 is 1.96 bits per heavy atom. The number of nitrogens with one attached hydrogen (secondary N) is 1. The molecule has 1 N–H and O–H groups in total. The van der Waals surface area contributed by atoms with Gasteiger partial charge in [-0.1, -0.05) is 25.2 Å². The van der Waals surface area contributed by atoms with E-state index in [1.54, 1.807) is 6.92 Å². The second-order valence-electron chi connectivity index (χ2n) is 5.51. The Hall–Kier alpha value is -2.07. The Labute approximate surface area is 141 Å². The zero-order chi connectivity index (χ0) is 17.6. The molecule has 3 rings (SSSR count). The highest BCUT2D eigenvalue weighted by Crippen LogP contribution is 2.29. The lowest BCUT2D eigenvalue weighted by Gasteiger charge is -2.10. The van der Waals surface area contributed by atoms with Crippen LogP contribution in [0, 0.1) is 18.6 Å². The molecule has 24 heavy (non-hydrogen) atoms. The van der Waals surface area contributed by atoms with Crippen molar-refractivity contribution in [1.29, 1.82) is 0 Å². The van der Waals surface area contributed by atoms with E-state index in [9.17, 15) is 17.2 Å². The number of aryl methyl sites for hydroxylation is 1. The highest BCUT2D eigenvalue weighted by molar-refractivity contribution is 7.92. The lowest BCUT2D eigenvalue weighted by molar-refractivity contribution is 0.509. The summed E-state index contributed by atoms with van der Waals surface area (Å²) in [4.78, 5) is 4.80. The second-order valence-corrected chi connectivity index (χ2v) is 8.26. The minimum absolute atomic E-state index is 0.0782. The van der Waals surface area contributed by atoms with E-state index in [0.29, 0.717) is 15.7 Å². The standard InChI is InChI=1S/C14H14F2N4O2S2/c1-7(2)12-13(20-14(17-12)23-8(3)18-20)24(21,22)19-9-4-5-10(15)11(16)6-9/h4-7,19H,1-3H3. The summed E-state index contributed by atoms with van der Waals surface area (Å²) in [6, 6.07) is 2.79. The molecule has 0 saturated heterocycles. The van der Waals surface area contributed by atoms with Crippen molar-refractivity contribution in [2.45, 2.75) is 31.7 Å². The predicted octanol–water partition coefficient (Wildman–Crippen LogP) is 3.30. The van der Waals surface area contributed by atoms with Gasteiger partial charge >= 0.3 is 0 Å². The lowest BCUT2D eigenvalue weighted by Crippen LogP contribution is -2.18. The molecule has 1 aromatic carbocycles. The largest absolute Gasteiger partial charge is 0.281 e. The van der Waals surface area contributed by atoms with E-state index >= 15 is 0 Å². The average Bonchev–Trinajstić information content (AvgIpc) is 2.98. The molecule has 0 radical (unpaired) electrons. The van der Waals surface area contributed by atoms with Crippen LogP contribution in [-0.2, 0) is 10.0 Å². The normalized spacial score (nSPS) is 12.2. The van der Waals surface area contributed by atoms with Crippen LogP contribution in [-0.4, -0.2) is 23.0 Å². The Balaban J connectivity index is 2.13. The number of aromatic nitrogens is 3. The molecule has 0 aliphatic carbocycles. The van der Waals surface area contributed by atoms with Gasteiger partial charge in [-0.25, -0.2) is 13.8 Å². The van der Waals surface area contributed by atoms with Gasteiger partial charge in [0.2, 0.25) is 9.99 Å². The van der Waals surface area contributed by atoms with Crippen LogP contribution < -0.4 is 4.72 Å². The van der Waals surface area contributed by atoms with Gasteiger partial charge in [0.15, 0.2) is 11.6 Å². The van der Waals surface area contributed by atoms with E-state index in [2.05, 4.69) is 14.8 Å². The van der Waals surface area contributed by atoms with Crippen molar-refractivity contribution in [2.75, 3.05) is 4.72 Å². The van der Waals surface area contributed by atoms with Crippen LogP contribution in [0.25, 0.3) is 4.96 Å². The van der Waals surface area contributed by atoms with Gasteiger partial charge in [-0.2, -0.15) is 18.0 Å². The molecule has 0 saturated carbocycles. The van der Waals surface area contributed by atoms with Gasteiger partial charge in [0.1, 0.15) is 5.01 Å². The molecule has 128 valence electrons. The van der Waals surface area contributed by atoms with Gasteiger partial charge in [-0.15, -0.1) is 0 Å². The number of hydrogen-bond donors (Lipinski definition) is 1. The SMILES string of the molecule is Cc1nn2c(S(=O)(=O)Nc3ccc(F)c(F)c3)c(C(C)C)nc2s1. The van der Waals surface area contributed by atoms with E-state index in [1.165, 1.54) is 15.9 Å². The van der Waals surface area contributed by atoms with Crippen molar-refractivity contribution in [1.82, 2.24) is 14.6 Å². The van der Waals surface area contributed by atoms with Crippen molar-refractivity contribution < 1.29 is 17.2 Å². The van der Waals surface area contributed by atoms with Gasteiger partial charge in [0.05, 0.1) is 11.4 Å². The quantitative estimate of drug-likeness (QED) is 0.762. The third-order valence-corrected chi connectivity index (χ3v) is 5.48. The summed E-state index contributed by atoms with van der Waals surface area (Å²) in [7, 11) is -4.08. The third-order valence-electron chi connectivity index (χ3n) is 3.26. The average molecular weight is 372 g/mol. The maximum atomic E-state index is 13.3. The van der Waals surface area contributed by atoms with Crippen LogP contribution in [0.4, 0.5) is 14.5 Å². The molecule has 0 aliphatic heterocycles. The van der Waals surface area contributed by atoms with Crippen molar-refractivity contribution in [2.24, 2.45) is 0 Å². The molecule has 0 aliphatic rings. The first-order valence-corrected chi connectivity index (χ1v) is 9.33. The number of rotatable bonds is 4. The van der Waals surface area contributed by atoms with Crippen molar-refractivity contribution in [3.05, 3.63) is 40.5 Å². The maximum absolute atomic E-state index is 13.3. The molecule has 2 heterocycles. The maximum Gasteiger partial charge on any atom is 0.281 e. The number of benzene rings is 1. The molecule has 10 heteroatoms. The van der Waals surface area contributed by atoms with Gasteiger partial charge in [-0.05, 0) is 25.0 Å². The fourth-order valence-corrected chi connectivity index (χ4v) is 4.48. The summed E-state index contributed by atoms with van der Waals surface area (Å²) in [6.07, 6.45) is 0. The van der Waals surface area contributed by atoms with Gasteiger partial charge in [0, 0.05) is 6.07 Å². The molecule has 0 fully saturated rings. The summed E-state index contributed by atoms with van der Waals surface area (Å²) in [5.41, 5.74) is 0.286. The molecule has 6 nitrogen and oxygen atoms in total. The van der Waals surface area contributed by atoms with Gasteiger partial charge in [0.25, 0.3) is 10.0 Å². The fraction of sp³-hybridized carbons (Fsp3) is 0.286. The number of hydrogen-bond acceptors (Lipinski definition) is 5. The van der Waals surface area contributed by atoms with E-state index in [0.717, 1.165) is 18.2 Å². The van der Waals surface area contributed by atoms with Crippen molar-refractivity contribution >= 4 is 32.0 Å². The molecule has 3 aromatic rings. The Morgan fingerprint density at radius 3 is 2.58 bits per heavy atom. The summed E-state index contributed by atoms with van der Waals surface area (Å²) < 4.78 is 55.4. The number of anilines is 1.